The highest BCUT2D eigenvalue weighted by Gasteiger charge is 2.29. The molecule has 0 aromatic heterocycles. The van der Waals surface area contributed by atoms with Gasteiger partial charge in [-0.1, -0.05) is 0 Å². The van der Waals surface area contributed by atoms with Crippen molar-refractivity contribution in [3.63, 3.8) is 0 Å². The summed E-state index contributed by atoms with van der Waals surface area (Å²) in [7, 11) is 1.30. The molecule has 3 amide bonds. The lowest BCUT2D eigenvalue weighted by molar-refractivity contribution is -0.146. The van der Waals surface area contributed by atoms with Crippen LogP contribution < -0.4 is 10.6 Å². The minimum Gasteiger partial charge on any atom is -0.480 e. The van der Waals surface area contributed by atoms with Crippen molar-refractivity contribution < 1.29 is 29.0 Å². The number of esters is 1. The largest absolute Gasteiger partial charge is 0.480 e. The molecule has 0 aliphatic carbocycles. The molecule has 0 aromatic rings. The van der Waals surface area contributed by atoms with Crippen molar-refractivity contribution in [2.24, 2.45) is 5.92 Å². The lowest BCUT2D eigenvalue weighted by Gasteiger charge is -2.31. The molecule has 1 fully saturated rings. The Morgan fingerprint density at radius 2 is 1.95 bits per heavy atom. The van der Waals surface area contributed by atoms with Gasteiger partial charge in [0.1, 0.15) is 6.54 Å². The Labute approximate surface area is 121 Å². The van der Waals surface area contributed by atoms with Crippen LogP contribution in [0.15, 0.2) is 0 Å². The number of carbonyl (C=O) groups excluding carboxylic acids is 3. The van der Waals surface area contributed by atoms with Crippen molar-refractivity contribution in [3.05, 3.63) is 0 Å². The summed E-state index contributed by atoms with van der Waals surface area (Å²) in [4.78, 5) is 46.3. The lowest BCUT2D eigenvalue weighted by atomic mass is 9.98. The first-order chi connectivity index (χ1) is 9.93. The van der Waals surface area contributed by atoms with E-state index in [1.807, 2.05) is 0 Å². The number of hydrogen-bond donors (Lipinski definition) is 3. The number of carbonyl (C=O) groups is 4. The lowest BCUT2D eigenvalue weighted by Crippen LogP contribution is -2.49. The number of urea groups is 1. The molecule has 3 N–H and O–H groups in total. The van der Waals surface area contributed by atoms with Crippen LogP contribution in [0.1, 0.15) is 12.8 Å². The second kappa shape index (κ2) is 8.08. The highest BCUT2D eigenvalue weighted by Crippen LogP contribution is 2.17. The normalized spacial score (nSPS) is 17.8. The van der Waals surface area contributed by atoms with Gasteiger partial charge in [-0.25, -0.2) is 4.79 Å². The summed E-state index contributed by atoms with van der Waals surface area (Å²) in [6.07, 6.45) is 1.34. The molecule has 0 radical (unpaired) electrons. The van der Waals surface area contributed by atoms with Gasteiger partial charge in [-0.05, 0) is 12.8 Å². The van der Waals surface area contributed by atoms with Gasteiger partial charge in [0.2, 0.25) is 5.91 Å². The van der Waals surface area contributed by atoms with Gasteiger partial charge < -0.3 is 25.4 Å². The Morgan fingerprint density at radius 3 is 2.57 bits per heavy atom. The Kier molecular flexibility index (Phi) is 6.44. The maximum atomic E-state index is 11.9. The third-order valence-electron chi connectivity index (χ3n) is 3.08. The van der Waals surface area contributed by atoms with Crippen LogP contribution >= 0.6 is 0 Å². The average molecular weight is 301 g/mol. The van der Waals surface area contributed by atoms with Crippen LogP contribution in [0.5, 0.6) is 0 Å². The SMILES string of the molecule is COC(=O)C1CCCN(C(=O)NCC(=O)NCC(=O)O)C1. The summed E-state index contributed by atoms with van der Waals surface area (Å²) in [5.74, 6) is -2.46. The number of nitrogens with zero attached hydrogens (tertiary/aromatic N) is 1. The first-order valence-corrected chi connectivity index (χ1v) is 6.53. The van der Waals surface area contributed by atoms with Crippen LogP contribution in [-0.2, 0) is 19.1 Å². The van der Waals surface area contributed by atoms with Gasteiger partial charge in [-0.15, -0.1) is 0 Å². The average Bonchev–Trinajstić information content (AvgIpc) is 2.49. The van der Waals surface area contributed by atoms with E-state index < -0.39 is 24.5 Å². The van der Waals surface area contributed by atoms with Crippen molar-refractivity contribution >= 4 is 23.9 Å². The van der Waals surface area contributed by atoms with Crippen LogP contribution in [0.4, 0.5) is 4.79 Å². The van der Waals surface area contributed by atoms with Gasteiger partial charge in [0.15, 0.2) is 0 Å². The van der Waals surface area contributed by atoms with Crippen LogP contribution in [0.3, 0.4) is 0 Å². The third-order valence-corrected chi connectivity index (χ3v) is 3.08. The van der Waals surface area contributed by atoms with Crippen LogP contribution in [0, 0.1) is 5.92 Å². The Hall–Kier alpha value is -2.32. The molecule has 9 heteroatoms. The Bertz CT molecular complexity index is 425. The molecule has 1 atom stereocenters. The number of methoxy groups -OCH3 is 1. The minimum absolute atomic E-state index is 0.245. The molecular weight excluding hydrogens is 282 g/mol. The first-order valence-electron chi connectivity index (χ1n) is 6.53. The maximum absolute atomic E-state index is 11.9. The zero-order valence-corrected chi connectivity index (χ0v) is 11.8. The molecule has 9 nitrogen and oxygen atoms in total. The number of hydrogen-bond acceptors (Lipinski definition) is 5. The Balaban J connectivity index is 2.36. The number of rotatable bonds is 5. The van der Waals surface area contributed by atoms with Crippen molar-refractivity contribution in [1.82, 2.24) is 15.5 Å². The molecule has 1 saturated heterocycles. The molecule has 0 spiro atoms. The highest BCUT2D eigenvalue weighted by molar-refractivity contribution is 5.86. The Morgan fingerprint density at radius 1 is 1.24 bits per heavy atom. The smallest absolute Gasteiger partial charge is 0.322 e. The van der Waals surface area contributed by atoms with Crippen LogP contribution in [-0.4, -0.2) is 67.2 Å². The number of ether oxygens (including phenoxy) is 1. The van der Waals surface area contributed by atoms with E-state index >= 15 is 0 Å². The molecular formula is C12H19N3O6. The monoisotopic (exact) mass is 301 g/mol. The van der Waals surface area contributed by atoms with Gasteiger partial charge >= 0.3 is 18.0 Å². The predicted octanol–water partition coefficient (Wildman–Crippen LogP) is -1.22. The fraction of sp³-hybridized carbons (Fsp3) is 0.667. The number of amides is 3. The number of carboxylic acids is 1. The van der Waals surface area contributed by atoms with Gasteiger partial charge in [0.25, 0.3) is 0 Å². The van der Waals surface area contributed by atoms with Crippen molar-refractivity contribution in [2.75, 3.05) is 33.3 Å². The molecule has 1 aliphatic rings. The number of piperidine rings is 1. The van der Waals surface area contributed by atoms with E-state index in [2.05, 4.69) is 15.4 Å². The quantitative estimate of drug-likeness (QED) is 0.547. The van der Waals surface area contributed by atoms with E-state index in [-0.39, 0.29) is 25.0 Å². The predicted molar refractivity (Wildman–Crippen MR) is 70.4 cm³/mol. The van der Waals surface area contributed by atoms with Crippen molar-refractivity contribution in [1.29, 1.82) is 0 Å². The summed E-state index contributed by atoms with van der Waals surface area (Å²) in [6, 6.07) is -0.464. The van der Waals surface area contributed by atoms with Crippen molar-refractivity contribution in [3.8, 4) is 0 Å². The molecule has 21 heavy (non-hydrogen) atoms. The zero-order chi connectivity index (χ0) is 15.8. The summed E-state index contributed by atoms with van der Waals surface area (Å²) in [5.41, 5.74) is 0. The molecule has 1 heterocycles. The molecule has 0 aromatic carbocycles. The van der Waals surface area contributed by atoms with Gasteiger partial charge in [-0.2, -0.15) is 0 Å². The minimum atomic E-state index is -1.16. The fourth-order valence-corrected chi connectivity index (χ4v) is 2.03. The van der Waals surface area contributed by atoms with Crippen LogP contribution in [0.25, 0.3) is 0 Å². The summed E-state index contributed by atoms with van der Waals surface area (Å²) in [6.45, 7) is -0.0698. The van der Waals surface area contributed by atoms with Crippen LogP contribution in [0.2, 0.25) is 0 Å². The molecule has 1 rings (SSSR count). The highest BCUT2D eigenvalue weighted by atomic mass is 16.5. The number of carboxylic acid groups (broad SMARTS) is 1. The summed E-state index contributed by atoms with van der Waals surface area (Å²) < 4.78 is 4.65. The van der Waals surface area contributed by atoms with E-state index in [9.17, 15) is 19.2 Å². The molecule has 118 valence electrons. The fourth-order valence-electron chi connectivity index (χ4n) is 2.03. The molecule has 0 bridgehead atoms. The van der Waals surface area contributed by atoms with Gasteiger partial charge in [-0.3, -0.25) is 14.4 Å². The molecule has 1 aliphatic heterocycles. The molecule has 0 saturated carbocycles. The molecule has 1 unspecified atom stereocenters. The number of likely N-dealkylation sites (tertiary alicyclic amines) is 1. The van der Waals surface area contributed by atoms with E-state index in [0.29, 0.717) is 19.4 Å². The summed E-state index contributed by atoms with van der Waals surface area (Å²) in [5, 5.41) is 12.9. The third kappa shape index (κ3) is 5.67. The van der Waals surface area contributed by atoms with Gasteiger partial charge in [0.05, 0.1) is 19.6 Å². The topological polar surface area (TPSA) is 125 Å². The zero-order valence-electron chi connectivity index (χ0n) is 11.8. The van der Waals surface area contributed by atoms with E-state index in [0.717, 1.165) is 0 Å². The first kappa shape index (κ1) is 16.7. The number of aliphatic carboxylic acids is 1. The van der Waals surface area contributed by atoms with Crippen molar-refractivity contribution in [2.45, 2.75) is 12.8 Å². The van der Waals surface area contributed by atoms with E-state index in [4.69, 9.17) is 5.11 Å². The van der Waals surface area contributed by atoms with Gasteiger partial charge in [0, 0.05) is 13.1 Å². The second-order valence-corrected chi connectivity index (χ2v) is 4.64. The maximum Gasteiger partial charge on any atom is 0.322 e. The standard InChI is InChI=1S/C12H19N3O6/c1-21-11(19)8-3-2-4-15(7-8)12(20)14-5-9(16)13-6-10(17)18/h8H,2-7H2,1H3,(H,13,16)(H,14,20)(H,17,18). The van der Waals surface area contributed by atoms with E-state index in [1.54, 1.807) is 0 Å². The summed E-state index contributed by atoms with van der Waals surface area (Å²) >= 11 is 0. The number of nitrogens with one attached hydrogen (secondary N) is 2. The second-order valence-electron chi connectivity index (χ2n) is 4.64. The van der Waals surface area contributed by atoms with E-state index in [1.165, 1.54) is 12.0 Å².